The number of urea groups is 1. The highest BCUT2D eigenvalue weighted by molar-refractivity contribution is 5.73. The van der Waals surface area contributed by atoms with Crippen molar-refractivity contribution in [3.8, 4) is 0 Å². The van der Waals surface area contributed by atoms with Crippen LogP contribution >= 0.6 is 0 Å². The first-order valence-corrected chi connectivity index (χ1v) is 7.24. The lowest BCUT2D eigenvalue weighted by molar-refractivity contribution is 0.206. The SMILES string of the molecule is CN(C)CCCNC(=O)N(C)Cc1cc(C2CC2)n[nH]1. The Balaban J connectivity index is 1.69. The smallest absolute Gasteiger partial charge is 0.317 e. The van der Waals surface area contributed by atoms with Gasteiger partial charge in [-0.15, -0.1) is 0 Å². The van der Waals surface area contributed by atoms with Crippen LogP contribution in [0.15, 0.2) is 6.07 Å². The molecule has 1 fully saturated rings. The molecule has 0 atom stereocenters. The number of nitrogens with one attached hydrogen (secondary N) is 2. The zero-order chi connectivity index (χ0) is 14.5. The van der Waals surface area contributed by atoms with Gasteiger partial charge in [0, 0.05) is 19.5 Å². The van der Waals surface area contributed by atoms with E-state index in [1.807, 2.05) is 14.1 Å². The summed E-state index contributed by atoms with van der Waals surface area (Å²) < 4.78 is 0. The molecule has 112 valence electrons. The second kappa shape index (κ2) is 6.74. The summed E-state index contributed by atoms with van der Waals surface area (Å²) in [5.74, 6) is 0.644. The van der Waals surface area contributed by atoms with Crippen molar-refractivity contribution in [3.05, 3.63) is 17.5 Å². The third-order valence-corrected chi connectivity index (χ3v) is 3.46. The molecule has 20 heavy (non-hydrogen) atoms. The summed E-state index contributed by atoms with van der Waals surface area (Å²) in [5.41, 5.74) is 2.14. The third-order valence-electron chi connectivity index (χ3n) is 3.46. The van der Waals surface area contributed by atoms with Gasteiger partial charge in [0.25, 0.3) is 0 Å². The normalized spacial score (nSPS) is 14.6. The van der Waals surface area contributed by atoms with Crippen molar-refractivity contribution in [2.75, 3.05) is 34.2 Å². The van der Waals surface area contributed by atoms with Crippen LogP contribution in [0.3, 0.4) is 0 Å². The summed E-state index contributed by atoms with van der Waals surface area (Å²) in [4.78, 5) is 15.7. The zero-order valence-electron chi connectivity index (χ0n) is 12.6. The summed E-state index contributed by atoms with van der Waals surface area (Å²) >= 11 is 0. The van der Waals surface area contributed by atoms with Gasteiger partial charge in [0.2, 0.25) is 0 Å². The van der Waals surface area contributed by atoms with Gasteiger partial charge >= 0.3 is 6.03 Å². The fourth-order valence-corrected chi connectivity index (χ4v) is 2.10. The van der Waals surface area contributed by atoms with Gasteiger partial charge in [-0.1, -0.05) is 0 Å². The molecule has 0 radical (unpaired) electrons. The minimum atomic E-state index is -0.0358. The van der Waals surface area contributed by atoms with Gasteiger partial charge in [0.1, 0.15) is 0 Å². The van der Waals surface area contributed by atoms with E-state index in [2.05, 4.69) is 26.5 Å². The number of nitrogens with zero attached hydrogens (tertiary/aromatic N) is 3. The molecule has 0 aromatic carbocycles. The summed E-state index contributed by atoms with van der Waals surface area (Å²) in [6.45, 7) is 2.26. The second-order valence-electron chi connectivity index (χ2n) is 5.84. The maximum atomic E-state index is 11.9. The molecule has 1 aliphatic carbocycles. The van der Waals surface area contributed by atoms with E-state index in [0.29, 0.717) is 19.0 Å². The summed E-state index contributed by atoms with van der Waals surface area (Å²) in [6.07, 6.45) is 3.45. The number of H-pyrrole nitrogens is 1. The maximum Gasteiger partial charge on any atom is 0.317 e. The fraction of sp³-hybridized carbons (Fsp3) is 0.714. The minimum Gasteiger partial charge on any atom is -0.338 e. The molecule has 1 aliphatic rings. The van der Waals surface area contributed by atoms with E-state index in [0.717, 1.165) is 24.4 Å². The minimum absolute atomic E-state index is 0.0358. The van der Waals surface area contributed by atoms with Crippen LogP contribution in [0.25, 0.3) is 0 Å². The van der Waals surface area contributed by atoms with Gasteiger partial charge in [0.05, 0.1) is 17.9 Å². The second-order valence-corrected chi connectivity index (χ2v) is 5.84. The Labute approximate surface area is 120 Å². The molecule has 6 nitrogen and oxygen atoms in total. The van der Waals surface area contributed by atoms with E-state index in [1.54, 1.807) is 11.9 Å². The molecule has 1 aromatic heterocycles. The number of aromatic nitrogens is 2. The Hall–Kier alpha value is -1.56. The van der Waals surface area contributed by atoms with Crippen molar-refractivity contribution in [3.63, 3.8) is 0 Å². The lowest BCUT2D eigenvalue weighted by Crippen LogP contribution is -2.38. The molecular weight excluding hydrogens is 254 g/mol. The van der Waals surface area contributed by atoms with E-state index in [-0.39, 0.29) is 6.03 Å². The number of rotatable bonds is 7. The number of hydrogen-bond donors (Lipinski definition) is 2. The molecule has 2 amide bonds. The molecule has 0 saturated heterocycles. The average molecular weight is 279 g/mol. The van der Waals surface area contributed by atoms with Crippen LogP contribution in [-0.2, 0) is 6.54 Å². The predicted molar refractivity (Wildman–Crippen MR) is 78.6 cm³/mol. The molecule has 0 unspecified atom stereocenters. The van der Waals surface area contributed by atoms with Gasteiger partial charge in [-0.3, -0.25) is 5.10 Å². The highest BCUT2D eigenvalue weighted by atomic mass is 16.2. The number of hydrogen-bond acceptors (Lipinski definition) is 3. The molecular formula is C14H25N5O. The van der Waals surface area contributed by atoms with Gasteiger partial charge in [-0.05, 0) is 46.0 Å². The molecule has 6 heteroatoms. The summed E-state index contributed by atoms with van der Waals surface area (Å²) in [7, 11) is 5.87. The lowest BCUT2D eigenvalue weighted by atomic mass is 10.2. The Morgan fingerprint density at radius 1 is 1.45 bits per heavy atom. The monoisotopic (exact) mass is 279 g/mol. The molecule has 1 heterocycles. The number of carbonyl (C=O) groups excluding carboxylic acids is 1. The van der Waals surface area contributed by atoms with E-state index < -0.39 is 0 Å². The first-order chi connectivity index (χ1) is 9.56. The van der Waals surface area contributed by atoms with Crippen molar-refractivity contribution < 1.29 is 4.79 Å². The van der Waals surface area contributed by atoms with Crippen molar-refractivity contribution >= 4 is 6.03 Å². The highest BCUT2D eigenvalue weighted by Crippen LogP contribution is 2.39. The lowest BCUT2D eigenvalue weighted by Gasteiger charge is -2.17. The highest BCUT2D eigenvalue weighted by Gasteiger charge is 2.26. The molecule has 0 spiro atoms. The largest absolute Gasteiger partial charge is 0.338 e. The molecule has 2 rings (SSSR count). The first kappa shape index (κ1) is 14.8. The maximum absolute atomic E-state index is 11.9. The Kier molecular flexibility index (Phi) is 5.00. The van der Waals surface area contributed by atoms with E-state index in [4.69, 9.17) is 0 Å². The Bertz CT molecular complexity index is 439. The molecule has 2 N–H and O–H groups in total. The van der Waals surface area contributed by atoms with Gasteiger partial charge < -0.3 is 15.1 Å². The third kappa shape index (κ3) is 4.52. The molecule has 0 aliphatic heterocycles. The van der Waals surface area contributed by atoms with Crippen LogP contribution in [0, 0.1) is 0 Å². The van der Waals surface area contributed by atoms with Crippen LogP contribution < -0.4 is 5.32 Å². The van der Waals surface area contributed by atoms with Gasteiger partial charge in [-0.25, -0.2) is 4.79 Å². The van der Waals surface area contributed by atoms with E-state index in [9.17, 15) is 4.79 Å². The van der Waals surface area contributed by atoms with Crippen LogP contribution in [0.1, 0.15) is 36.6 Å². The van der Waals surface area contributed by atoms with Crippen molar-refractivity contribution in [2.24, 2.45) is 0 Å². The van der Waals surface area contributed by atoms with Gasteiger partial charge in [-0.2, -0.15) is 5.10 Å². The van der Waals surface area contributed by atoms with Crippen LogP contribution in [0.2, 0.25) is 0 Å². The number of aromatic amines is 1. The Morgan fingerprint density at radius 2 is 2.20 bits per heavy atom. The number of carbonyl (C=O) groups is 1. The summed E-state index contributed by atoms with van der Waals surface area (Å²) in [5, 5.41) is 10.2. The predicted octanol–water partition coefficient (Wildman–Crippen LogP) is 1.38. The molecule has 1 aromatic rings. The molecule has 1 saturated carbocycles. The van der Waals surface area contributed by atoms with Gasteiger partial charge in [0.15, 0.2) is 0 Å². The average Bonchev–Trinajstić information content (AvgIpc) is 3.15. The van der Waals surface area contributed by atoms with Crippen molar-refractivity contribution in [2.45, 2.75) is 31.7 Å². The van der Waals surface area contributed by atoms with Crippen LogP contribution in [0.4, 0.5) is 4.79 Å². The van der Waals surface area contributed by atoms with Crippen LogP contribution in [-0.4, -0.2) is 60.3 Å². The summed E-state index contributed by atoms with van der Waals surface area (Å²) in [6, 6.07) is 2.04. The number of amides is 2. The first-order valence-electron chi connectivity index (χ1n) is 7.24. The van der Waals surface area contributed by atoms with Crippen molar-refractivity contribution in [1.82, 2.24) is 25.3 Å². The fourth-order valence-electron chi connectivity index (χ4n) is 2.10. The standard InChI is InChI=1S/C14H25N5O/c1-18(2)8-4-7-15-14(20)19(3)10-12-9-13(17-16-12)11-5-6-11/h9,11H,4-8,10H2,1-3H3,(H,15,20)(H,16,17). The Morgan fingerprint density at radius 3 is 2.85 bits per heavy atom. The van der Waals surface area contributed by atoms with Crippen LogP contribution in [0.5, 0.6) is 0 Å². The molecule has 0 bridgehead atoms. The van der Waals surface area contributed by atoms with E-state index in [1.165, 1.54) is 12.8 Å². The topological polar surface area (TPSA) is 64.3 Å². The quantitative estimate of drug-likeness (QED) is 0.741. The van der Waals surface area contributed by atoms with E-state index >= 15 is 0 Å². The van der Waals surface area contributed by atoms with Crippen molar-refractivity contribution in [1.29, 1.82) is 0 Å². The zero-order valence-corrected chi connectivity index (χ0v) is 12.6.